The molecule has 4 heteroatoms. The second kappa shape index (κ2) is 5.74. The van der Waals surface area contributed by atoms with Gasteiger partial charge in [-0.15, -0.1) is 12.4 Å². The van der Waals surface area contributed by atoms with E-state index in [0.29, 0.717) is 11.8 Å². The van der Waals surface area contributed by atoms with Crippen LogP contribution >= 0.6 is 12.4 Å². The van der Waals surface area contributed by atoms with Crippen molar-refractivity contribution in [3.05, 3.63) is 35.9 Å². The maximum atomic E-state index is 12.8. The fourth-order valence-electron chi connectivity index (χ4n) is 3.21. The van der Waals surface area contributed by atoms with E-state index in [1.54, 1.807) is 0 Å². The van der Waals surface area contributed by atoms with Crippen LogP contribution in [0.2, 0.25) is 0 Å². The molecule has 1 aromatic carbocycles. The maximum Gasteiger partial charge on any atom is 0.233 e. The third-order valence-electron chi connectivity index (χ3n) is 4.74. The number of rotatable bonds is 3. The van der Waals surface area contributed by atoms with Crippen molar-refractivity contribution in [2.45, 2.75) is 37.6 Å². The second-order valence-corrected chi connectivity index (χ2v) is 6.11. The highest BCUT2D eigenvalue weighted by Gasteiger charge is 2.53. The Morgan fingerprint density at radius 1 is 1.35 bits per heavy atom. The number of nitrogens with two attached hydrogens (primary N) is 1. The van der Waals surface area contributed by atoms with Gasteiger partial charge in [0.05, 0.1) is 5.41 Å². The van der Waals surface area contributed by atoms with E-state index in [-0.39, 0.29) is 23.9 Å². The average Bonchev–Trinajstić information content (AvgIpc) is 3.09. The van der Waals surface area contributed by atoms with Crippen molar-refractivity contribution in [2.24, 2.45) is 11.7 Å². The Kier molecular flexibility index (Phi) is 4.40. The Balaban J connectivity index is 0.00000147. The van der Waals surface area contributed by atoms with Crippen LogP contribution in [-0.4, -0.2) is 29.9 Å². The molecule has 0 spiro atoms. The molecule has 3 nitrogen and oxygen atoms in total. The summed E-state index contributed by atoms with van der Waals surface area (Å²) >= 11 is 0. The minimum Gasteiger partial charge on any atom is -0.342 e. The van der Waals surface area contributed by atoms with Gasteiger partial charge in [0.25, 0.3) is 0 Å². The van der Waals surface area contributed by atoms with E-state index in [1.165, 1.54) is 5.56 Å². The monoisotopic (exact) mass is 294 g/mol. The summed E-state index contributed by atoms with van der Waals surface area (Å²) in [6, 6.07) is 10.4. The van der Waals surface area contributed by atoms with Gasteiger partial charge in [-0.25, -0.2) is 0 Å². The molecule has 1 amide bonds. The van der Waals surface area contributed by atoms with E-state index in [4.69, 9.17) is 5.73 Å². The fourth-order valence-corrected chi connectivity index (χ4v) is 3.21. The van der Waals surface area contributed by atoms with E-state index < -0.39 is 0 Å². The zero-order chi connectivity index (χ0) is 13.5. The summed E-state index contributed by atoms with van der Waals surface area (Å²) in [5.74, 6) is 0.789. The van der Waals surface area contributed by atoms with Crippen LogP contribution in [0.15, 0.2) is 30.3 Å². The van der Waals surface area contributed by atoms with Crippen LogP contribution in [0.3, 0.4) is 0 Å². The molecule has 1 aliphatic carbocycles. The Morgan fingerprint density at radius 3 is 2.50 bits per heavy atom. The zero-order valence-electron chi connectivity index (χ0n) is 11.9. The van der Waals surface area contributed by atoms with Crippen molar-refractivity contribution in [1.29, 1.82) is 0 Å². The van der Waals surface area contributed by atoms with Crippen molar-refractivity contribution in [3.8, 4) is 0 Å². The Bertz CT molecular complexity index is 471. The predicted molar refractivity (Wildman–Crippen MR) is 82.9 cm³/mol. The van der Waals surface area contributed by atoms with Gasteiger partial charge in [0, 0.05) is 19.1 Å². The number of carbonyl (C=O) groups is 1. The SMILES string of the molecule is CC(N)C1CCN(C(=O)C2(c3ccccc3)CC2)C1.Cl. The molecule has 110 valence electrons. The molecule has 1 heterocycles. The van der Waals surface area contributed by atoms with E-state index in [9.17, 15) is 4.79 Å². The van der Waals surface area contributed by atoms with Gasteiger partial charge in [-0.3, -0.25) is 4.79 Å². The van der Waals surface area contributed by atoms with Gasteiger partial charge in [-0.05, 0) is 37.7 Å². The smallest absolute Gasteiger partial charge is 0.233 e. The normalized spacial score (nSPS) is 24.9. The minimum atomic E-state index is -0.214. The summed E-state index contributed by atoms with van der Waals surface area (Å²) in [6.07, 6.45) is 3.04. The zero-order valence-corrected chi connectivity index (χ0v) is 12.7. The van der Waals surface area contributed by atoms with Gasteiger partial charge in [0.2, 0.25) is 5.91 Å². The number of carbonyl (C=O) groups excluding carboxylic acids is 1. The summed E-state index contributed by atoms with van der Waals surface area (Å²) in [5, 5.41) is 0. The first-order valence-electron chi connectivity index (χ1n) is 7.24. The first-order valence-corrected chi connectivity index (χ1v) is 7.24. The number of hydrogen-bond donors (Lipinski definition) is 1. The number of hydrogen-bond acceptors (Lipinski definition) is 2. The molecule has 2 atom stereocenters. The van der Waals surface area contributed by atoms with Crippen LogP contribution in [0.25, 0.3) is 0 Å². The Morgan fingerprint density at radius 2 is 2.00 bits per heavy atom. The van der Waals surface area contributed by atoms with Crippen LogP contribution < -0.4 is 5.73 Å². The Hall–Kier alpha value is -1.06. The Labute approximate surface area is 126 Å². The van der Waals surface area contributed by atoms with E-state index in [0.717, 1.165) is 32.4 Å². The largest absolute Gasteiger partial charge is 0.342 e. The van der Waals surface area contributed by atoms with Crippen LogP contribution in [0.5, 0.6) is 0 Å². The third-order valence-corrected chi connectivity index (χ3v) is 4.74. The molecule has 2 aliphatic rings. The third kappa shape index (κ3) is 2.57. The quantitative estimate of drug-likeness (QED) is 0.930. The van der Waals surface area contributed by atoms with Crippen molar-refractivity contribution >= 4 is 18.3 Å². The number of nitrogens with zero attached hydrogens (tertiary/aromatic N) is 1. The number of amides is 1. The lowest BCUT2D eigenvalue weighted by molar-refractivity contribution is -0.133. The molecule has 1 saturated carbocycles. The molecule has 1 aliphatic heterocycles. The highest BCUT2D eigenvalue weighted by Crippen LogP contribution is 2.50. The number of likely N-dealkylation sites (tertiary alicyclic amines) is 1. The first kappa shape index (κ1) is 15.3. The van der Waals surface area contributed by atoms with E-state index in [2.05, 4.69) is 12.1 Å². The lowest BCUT2D eigenvalue weighted by atomic mass is 9.94. The molecular formula is C16H23ClN2O. The van der Waals surface area contributed by atoms with Crippen LogP contribution in [-0.2, 0) is 10.2 Å². The summed E-state index contributed by atoms with van der Waals surface area (Å²) in [7, 11) is 0. The summed E-state index contributed by atoms with van der Waals surface area (Å²) in [4.78, 5) is 14.8. The lowest BCUT2D eigenvalue weighted by Gasteiger charge is -2.24. The van der Waals surface area contributed by atoms with E-state index >= 15 is 0 Å². The molecule has 2 unspecified atom stereocenters. The highest BCUT2D eigenvalue weighted by molar-refractivity contribution is 5.91. The second-order valence-electron chi connectivity index (χ2n) is 6.11. The van der Waals surface area contributed by atoms with E-state index in [1.807, 2.05) is 30.0 Å². The number of halogens is 1. The molecule has 1 aromatic rings. The molecule has 0 bridgehead atoms. The van der Waals surface area contributed by atoms with Gasteiger partial charge >= 0.3 is 0 Å². The van der Waals surface area contributed by atoms with Gasteiger partial charge in [0.1, 0.15) is 0 Å². The van der Waals surface area contributed by atoms with Gasteiger partial charge in [-0.2, -0.15) is 0 Å². The van der Waals surface area contributed by atoms with Gasteiger partial charge < -0.3 is 10.6 Å². The average molecular weight is 295 g/mol. The fraction of sp³-hybridized carbons (Fsp3) is 0.562. The molecule has 3 rings (SSSR count). The van der Waals surface area contributed by atoms with Gasteiger partial charge in [-0.1, -0.05) is 30.3 Å². The molecule has 1 saturated heterocycles. The molecule has 0 aromatic heterocycles. The standard InChI is InChI=1S/C16H22N2O.ClH/c1-12(17)13-7-10-18(11-13)15(19)16(8-9-16)14-5-3-2-4-6-14;/h2-6,12-13H,7-11,17H2,1H3;1H. The van der Waals surface area contributed by atoms with Crippen molar-refractivity contribution < 1.29 is 4.79 Å². The summed E-state index contributed by atoms with van der Waals surface area (Å²) in [5.41, 5.74) is 6.93. The van der Waals surface area contributed by atoms with Crippen LogP contribution in [0.4, 0.5) is 0 Å². The summed E-state index contributed by atoms with van der Waals surface area (Å²) in [6.45, 7) is 3.76. The molecule has 2 fully saturated rings. The topological polar surface area (TPSA) is 46.3 Å². The lowest BCUT2D eigenvalue weighted by Crippen LogP contribution is -2.39. The molecule has 2 N–H and O–H groups in total. The minimum absolute atomic E-state index is 0. The van der Waals surface area contributed by atoms with Crippen molar-refractivity contribution in [1.82, 2.24) is 4.90 Å². The van der Waals surface area contributed by atoms with Crippen LogP contribution in [0, 0.1) is 5.92 Å². The van der Waals surface area contributed by atoms with Crippen molar-refractivity contribution in [2.75, 3.05) is 13.1 Å². The molecular weight excluding hydrogens is 272 g/mol. The summed E-state index contributed by atoms with van der Waals surface area (Å²) < 4.78 is 0. The molecule has 20 heavy (non-hydrogen) atoms. The highest BCUT2D eigenvalue weighted by atomic mass is 35.5. The first-order chi connectivity index (χ1) is 9.13. The van der Waals surface area contributed by atoms with Crippen LogP contribution in [0.1, 0.15) is 31.7 Å². The van der Waals surface area contributed by atoms with Gasteiger partial charge in [0.15, 0.2) is 0 Å². The number of benzene rings is 1. The molecule has 0 radical (unpaired) electrons. The van der Waals surface area contributed by atoms with Crippen molar-refractivity contribution in [3.63, 3.8) is 0 Å². The predicted octanol–water partition coefficient (Wildman–Crippen LogP) is 2.34. The maximum absolute atomic E-state index is 12.8.